The minimum Gasteiger partial charge on any atom is -0.383 e. The zero-order chi connectivity index (χ0) is 13.4. The van der Waals surface area contributed by atoms with E-state index in [1.54, 1.807) is 7.11 Å². The van der Waals surface area contributed by atoms with E-state index in [2.05, 4.69) is 35.6 Å². The van der Waals surface area contributed by atoms with Gasteiger partial charge in [0.2, 0.25) is 0 Å². The van der Waals surface area contributed by atoms with Crippen molar-refractivity contribution in [2.75, 3.05) is 26.8 Å². The summed E-state index contributed by atoms with van der Waals surface area (Å²) in [6, 6.07) is 11.1. The zero-order valence-electron chi connectivity index (χ0n) is 12.2. The lowest BCUT2D eigenvalue weighted by Crippen LogP contribution is -2.39. The van der Waals surface area contributed by atoms with Gasteiger partial charge in [-0.25, -0.2) is 0 Å². The van der Waals surface area contributed by atoms with E-state index in [9.17, 15) is 0 Å². The van der Waals surface area contributed by atoms with Gasteiger partial charge in [0, 0.05) is 25.6 Å². The largest absolute Gasteiger partial charge is 0.383 e. The van der Waals surface area contributed by atoms with Crippen LogP contribution in [-0.4, -0.2) is 26.8 Å². The molecule has 0 aliphatic heterocycles. The number of benzene rings is 1. The number of hydrogen-bond acceptors (Lipinski definition) is 2. The van der Waals surface area contributed by atoms with Crippen LogP contribution in [0.15, 0.2) is 30.3 Å². The molecule has 0 radical (unpaired) electrons. The van der Waals surface area contributed by atoms with E-state index < -0.39 is 0 Å². The van der Waals surface area contributed by atoms with Crippen LogP contribution in [0.1, 0.15) is 44.1 Å². The summed E-state index contributed by atoms with van der Waals surface area (Å²) in [6.45, 7) is 2.83. The summed E-state index contributed by atoms with van der Waals surface area (Å²) in [4.78, 5) is 0. The van der Waals surface area contributed by atoms with Crippen molar-refractivity contribution in [3.8, 4) is 0 Å². The van der Waals surface area contributed by atoms with Crippen molar-refractivity contribution >= 4 is 0 Å². The number of hydrogen-bond donors (Lipinski definition) is 1. The van der Waals surface area contributed by atoms with Crippen LogP contribution in [0.2, 0.25) is 0 Å². The van der Waals surface area contributed by atoms with Crippen LogP contribution >= 0.6 is 0 Å². The fraction of sp³-hybridized carbons (Fsp3) is 0.647. The second-order valence-electron chi connectivity index (χ2n) is 5.73. The van der Waals surface area contributed by atoms with Gasteiger partial charge in [0.15, 0.2) is 0 Å². The first-order valence-corrected chi connectivity index (χ1v) is 7.63. The Morgan fingerprint density at radius 2 is 1.74 bits per heavy atom. The molecule has 1 fully saturated rings. The molecule has 1 saturated carbocycles. The smallest absolute Gasteiger partial charge is 0.0587 e. The maximum atomic E-state index is 5.13. The predicted molar refractivity (Wildman–Crippen MR) is 80.6 cm³/mol. The van der Waals surface area contributed by atoms with Crippen LogP contribution in [-0.2, 0) is 10.2 Å². The summed E-state index contributed by atoms with van der Waals surface area (Å²) in [5.74, 6) is 0. The first kappa shape index (κ1) is 14.5. The van der Waals surface area contributed by atoms with Crippen molar-refractivity contribution < 1.29 is 4.74 Å². The van der Waals surface area contributed by atoms with Crippen LogP contribution in [0.3, 0.4) is 0 Å². The Kier molecular flexibility index (Phi) is 5.87. The molecule has 1 aromatic rings. The van der Waals surface area contributed by atoms with Crippen LogP contribution < -0.4 is 5.32 Å². The van der Waals surface area contributed by atoms with Crippen LogP contribution in [0.4, 0.5) is 0 Å². The number of ether oxygens (including phenoxy) is 1. The van der Waals surface area contributed by atoms with Crippen molar-refractivity contribution in [2.45, 2.75) is 43.9 Å². The van der Waals surface area contributed by atoms with Gasteiger partial charge in [0.25, 0.3) is 0 Å². The summed E-state index contributed by atoms with van der Waals surface area (Å²) in [6.07, 6.45) is 8.15. The molecular formula is C17H27NO. The maximum Gasteiger partial charge on any atom is 0.0587 e. The van der Waals surface area contributed by atoms with Crippen molar-refractivity contribution in [2.24, 2.45) is 0 Å². The molecule has 1 aromatic carbocycles. The lowest BCUT2D eigenvalue weighted by molar-refractivity contribution is 0.195. The Morgan fingerprint density at radius 3 is 2.37 bits per heavy atom. The van der Waals surface area contributed by atoms with E-state index in [4.69, 9.17) is 4.74 Å². The maximum absolute atomic E-state index is 5.13. The predicted octanol–water partition coefficient (Wildman–Crippen LogP) is 3.51. The van der Waals surface area contributed by atoms with Gasteiger partial charge in [-0.2, -0.15) is 0 Å². The van der Waals surface area contributed by atoms with Crippen molar-refractivity contribution in [1.29, 1.82) is 0 Å². The van der Waals surface area contributed by atoms with Gasteiger partial charge >= 0.3 is 0 Å². The highest BCUT2D eigenvalue weighted by Crippen LogP contribution is 2.37. The Labute approximate surface area is 117 Å². The number of nitrogens with one attached hydrogen (secondary N) is 1. The molecule has 1 N–H and O–H groups in total. The van der Waals surface area contributed by atoms with Crippen molar-refractivity contribution in [1.82, 2.24) is 5.32 Å². The molecule has 2 nitrogen and oxygen atoms in total. The van der Waals surface area contributed by atoms with Gasteiger partial charge in [-0.05, 0) is 18.4 Å². The molecule has 0 atom stereocenters. The van der Waals surface area contributed by atoms with E-state index >= 15 is 0 Å². The van der Waals surface area contributed by atoms with E-state index in [-0.39, 0.29) is 0 Å². The summed E-state index contributed by atoms with van der Waals surface area (Å²) in [5.41, 5.74) is 1.85. The van der Waals surface area contributed by atoms with Crippen LogP contribution in [0.25, 0.3) is 0 Å². The molecule has 0 unspecified atom stereocenters. The Balaban J connectivity index is 2.07. The molecule has 2 rings (SSSR count). The monoisotopic (exact) mass is 261 g/mol. The average Bonchev–Trinajstić information content (AvgIpc) is 2.71. The third-order valence-electron chi connectivity index (χ3n) is 4.39. The highest BCUT2D eigenvalue weighted by atomic mass is 16.5. The lowest BCUT2D eigenvalue weighted by atomic mass is 9.74. The normalized spacial score (nSPS) is 19.0. The van der Waals surface area contributed by atoms with Gasteiger partial charge in [-0.15, -0.1) is 0 Å². The van der Waals surface area contributed by atoms with Gasteiger partial charge in [0.1, 0.15) is 0 Å². The minimum atomic E-state index is 0.339. The van der Waals surface area contributed by atoms with Crippen molar-refractivity contribution in [3.63, 3.8) is 0 Å². The first-order chi connectivity index (χ1) is 9.37. The Bertz CT molecular complexity index is 342. The van der Waals surface area contributed by atoms with Gasteiger partial charge in [0.05, 0.1) is 6.61 Å². The highest BCUT2D eigenvalue weighted by molar-refractivity contribution is 5.26. The standard InChI is InChI=1S/C17H27NO/c1-19-14-13-18-15-17(11-7-2-3-8-12-17)16-9-5-4-6-10-16/h4-6,9-10,18H,2-3,7-8,11-15H2,1H3. The third-order valence-corrected chi connectivity index (χ3v) is 4.39. The molecular weight excluding hydrogens is 234 g/mol. The fourth-order valence-electron chi connectivity index (χ4n) is 3.27. The van der Waals surface area contributed by atoms with E-state index in [0.29, 0.717) is 5.41 Å². The van der Waals surface area contributed by atoms with Gasteiger partial charge in [-0.1, -0.05) is 56.0 Å². The Morgan fingerprint density at radius 1 is 1.05 bits per heavy atom. The number of methoxy groups -OCH3 is 1. The van der Waals surface area contributed by atoms with E-state index in [0.717, 1.165) is 19.7 Å². The van der Waals surface area contributed by atoms with E-state index in [1.165, 1.54) is 44.1 Å². The summed E-state index contributed by atoms with van der Waals surface area (Å²) in [7, 11) is 1.76. The molecule has 0 heterocycles. The second-order valence-corrected chi connectivity index (χ2v) is 5.73. The van der Waals surface area contributed by atoms with Crippen LogP contribution in [0.5, 0.6) is 0 Å². The molecule has 1 aliphatic rings. The molecule has 0 spiro atoms. The summed E-state index contributed by atoms with van der Waals surface area (Å²) in [5, 5.41) is 3.60. The minimum absolute atomic E-state index is 0.339. The molecule has 19 heavy (non-hydrogen) atoms. The summed E-state index contributed by atoms with van der Waals surface area (Å²) >= 11 is 0. The Hall–Kier alpha value is -0.860. The fourth-order valence-corrected chi connectivity index (χ4v) is 3.27. The van der Waals surface area contributed by atoms with Gasteiger partial charge < -0.3 is 10.1 Å². The molecule has 2 heteroatoms. The summed E-state index contributed by atoms with van der Waals surface area (Å²) < 4.78 is 5.13. The molecule has 0 bridgehead atoms. The SMILES string of the molecule is COCCNCC1(c2ccccc2)CCCCCC1. The first-order valence-electron chi connectivity index (χ1n) is 7.63. The molecule has 1 aliphatic carbocycles. The van der Waals surface area contributed by atoms with Crippen molar-refractivity contribution in [3.05, 3.63) is 35.9 Å². The highest BCUT2D eigenvalue weighted by Gasteiger charge is 2.32. The quantitative estimate of drug-likeness (QED) is 0.625. The second kappa shape index (κ2) is 7.66. The van der Waals surface area contributed by atoms with E-state index in [1.807, 2.05) is 0 Å². The average molecular weight is 261 g/mol. The van der Waals surface area contributed by atoms with Crippen LogP contribution in [0, 0.1) is 0 Å². The number of rotatable bonds is 6. The molecule has 0 saturated heterocycles. The molecule has 0 amide bonds. The third kappa shape index (κ3) is 4.05. The van der Waals surface area contributed by atoms with Gasteiger partial charge in [-0.3, -0.25) is 0 Å². The lowest BCUT2D eigenvalue weighted by Gasteiger charge is -2.34. The topological polar surface area (TPSA) is 21.3 Å². The zero-order valence-corrected chi connectivity index (χ0v) is 12.2. The molecule has 106 valence electrons. The molecule has 0 aromatic heterocycles.